The van der Waals surface area contributed by atoms with Crippen LogP contribution >= 0.6 is 11.3 Å². The Balaban J connectivity index is 1.46. The van der Waals surface area contributed by atoms with Gasteiger partial charge in [-0.15, -0.1) is 11.3 Å². The molecule has 1 saturated heterocycles. The number of carbonyl (C=O) groups is 2. The van der Waals surface area contributed by atoms with E-state index in [0.29, 0.717) is 50.6 Å². The molecule has 2 amide bonds. The molecule has 34 heavy (non-hydrogen) atoms. The molecular formula is C26H30N4O3S. The zero-order valence-electron chi connectivity index (χ0n) is 19.6. The number of thiazole rings is 1. The fraction of sp³-hybridized carbons (Fsp3) is 0.346. The smallest absolute Gasteiger partial charge is 0.246 e. The first kappa shape index (κ1) is 23.9. The van der Waals surface area contributed by atoms with Gasteiger partial charge in [-0.1, -0.05) is 42.5 Å². The minimum absolute atomic E-state index is 0.0837. The van der Waals surface area contributed by atoms with E-state index in [1.807, 2.05) is 78.7 Å². The molecule has 8 heteroatoms. The van der Waals surface area contributed by atoms with Crippen molar-refractivity contribution in [1.29, 1.82) is 0 Å². The van der Waals surface area contributed by atoms with Gasteiger partial charge in [0, 0.05) is 37.3 Å². The molecule has 0 aliphatic carbocycles. The second-order valence-electron chi connectivity index (χ2n) is 8.21. The summed E-state index contributed by atoms with van der Waals surface area (Å²) in [4.78, 5) is 34.7. The Morgan fingerprint density at radius 2 is 1.76 bits per heavy atom. The number of nitrogens with zero attached hydrogens (tertiary/aromatic N) is 3. The van der Waals surface area contributed by atoms with Crippen LogP contribution in [0.25, 0.3) is 0 Å². The number of aryl methyl sites for hydroxylation is 1. The molecule has 3 aromatic rings. The third-order valence-electron chi connectivity index (χ3n) is 5.81. The van der Waals surface area contributed by atoms with Crippen LogP contribution < -0.4 is 10.1 Å². The Morgan fingerprint density at radius 3 is 2.44 bits per heavy atom. The summed E-state index contributed by atoms with van der Waals surface area (Å²) in [6.45, 7) is 6.76. The molecule has 1 N–H and O–H groups in total. The first-order chi connectivity index (χ1) is 16.5. The molecule has 0 bridgehead atoms. The summed E-state index contributed by atoms with van der Waals surface area (Å²) >= 11 is 1.52. The molecule has 1 aliphatic rings. The minimum atomic E-state index is -0.463. The maximum absolute atomic E-state index is 13.5. The van der Waals surface area contributed by atoms with Gasteiger partial charge < -0.3 is 15.0 Å². The second-order valence-corrected chi connectivity index (χ2v) is 9.15. The summed E-state index contributed by atoms with van der Waals surface area (Å²) in [5.41, 5.74) is 2.52. The van der Waals surface area contributed by atoms with Crippen LogP contribution in [-0.2, 0) is 16.0 Å². The third kappa shape index (κ3) is 5.81. The Labute approximate surface area is 204 Å². The van der Waals surface area contributed by atoms with Crippen molar-refractivity contribution in [3.63, 3.8) is 0 Å². The largest absolute Gasteiger partial charge is 0.492 e. The highest BCUT2D eigenvalue weighted by atomic mass is 32.1. The molecule has 4 rings (SSSR count). The molecule has 178 valence electrons. The van der Waals surface area contributed by atoms with Crippen molar-refractivity contribution in [3.8, 4) is 5.75 Å². The van der Waals surface area contributed by atoms with Crippen molar-refractivity contribution < 1.29 is 14.3 Å². The van der Waals surface area contributed by atoms with Crippen molar-refractivity contribution in [3.05, 3.63) is 76.2 Å². The summed E-state index contributed by atoms with van der Waals surface area (Å²) in [6.07, 6.45) is 0.329. The van der Waals surface area contributed by atoms with E-state index in [-0.39, 0.29) is 11.8 Å². The topological polar surface area (TPSA) is 74.8 Å². The highest BCUT2D eigenvalue weighted by Gasteiger charge is 2.32. The van der Waals surface area contributed by atoms with Crippen molar-refractivity contribution in [2.45, 2.75) is 26.3 Å². The lowest BCUT2D eigenvalue weighted by Gasteiger charge is -2.38. The van der Waals surface area contributed by atoms with Gasteiger partial charge in [0.2, 0.25) is 11.8 Å². The summed E-state index contributed by atoms with van der Waals surface area (Å²) < 4.78 is 5.68. The summed E-state index contributed by atoms with van der Waals surface area (Å²) in [5.74, 6) is 0.620. The molecule has 0 unspecified atom stereocenters. The molecule has 1 fully saturated rings. The van der Waals surface area contributed by atoms with E-state index in [1.165, 1.54) is 11.3 Å². The predicted octanol–water partition coefficient (Wildman–Crippen LogP) is 3.92. The zero-order valence-corrected chi connectivity index (χ0v) is 20.4. The number of hydrogen-bond donors (Lipinski definition) is 1. The lowest BCUT2D eigenvalue weighted by molar-refractivity contribution is -0.133. The van der Waals surface area contributed by atoms with Gasteiger partial charge in [-0.25, -0.2) is 4.98 Å². The second kappa shape index (κ2) is 11.3. The van der Waals surface area contributed by atoms with Crippen LogP contribution in [0, 0.1) is 6.92 Å². The average Bonchev–Trinajstić information content (AvgIpc) is 3.26. The van der Waals surface area contributed by atoms with Gasteiger partial charge in [0.05, 0.1) is 18.7 Å². The van der Waals surface area contributed by atoms with E-state index in [2.05, 4.69) is 15.2 Å². The quantitative estimate of drug-likeness (QED) is 0.531. The Morgan fingerprint density at radius 1 is 1.06 bits per heavy atom. The molecule has 1 aromatic heterocycles. The SMILES string of the molecule is CCOc1ccccc1NC(=O)[C@H](c1ccccc1)N1CCN(C(=O)Cc2nc(C)cs2)CC1. The zero-order chi connectivity index (χ0) is 23.9. The number of carbonyl (C=O) groups excluding carboxylic acids is 2. The lowest BCUT2D eigenvalue weighted by atomic mass is 10.0. The van der Waals surface area contributed by atoms with Crippen molar-refractivity contribution in [1.82, 2.24) is 14.8 Å². The number of hydrogen-bond acceptors (Lipinski definition) is 6. The first-order valence-electron chi connectivity index (χ1n) is 11.6. The molecule has 0 spiro atoms. The van der Waals surface area contributed by atoms with Gasteiger partial charge in [-0.05, 0) is 31.5 Å². The Kier molecular flexibility index (Phi) is 7.92. The van der Waals surface area contributed by atoms with Crippen LogP contribution in [0.2, 0.25) is 0 Å². The van der Waals surface area contributed by atoms with Crippen LogP contribution in [0.4, 0.5) is 5.69 Å². The van der Waals surface area contributed by atoms with Crippen molar-refractivity contribution >= 4 is 28.8 Å². The van der Waals surface area contributed by atoms with Crippen LogP contribution in [0.3, 0.4) is 0 Å². The number of aromatic nitrogens is 1. The van der Waals surface area contributed by atoms with Crippen LogP contribution in [-0.4, -0.2) is 59.4 Å². The van der Waals surface area contributed by atoms with Gasteiger partial charge in [0.15, 0.2) is 0 Å². The molecule has 0 radical (unpaired) electrons. The fourth-order valence-corrected chi connectivity index (χ4v) is 4.93. The van der Waals surface area contributed by atoms with Gasteiger partial charge in [-0.2, -0.15) is 0 Å². The highest BCUT2D eigenvalue weighted by Crippen LogP contribution is 2.28. The number of anilines is 1. The van der Waals surface area contributed by atoms with E-state index in [0.717, 1.165) is 16.3 Å². The van der Waals surface area contributed by atoms with Crippen molar-refractivity contribution in [2.24, 2.45) is 0 Å². The molecule has 2 heterocycles. The number of piperazine rings is 1. The minimum Gasteiger partial charge on any atom is -0.492 e. The van der Waals surface area contributed by atoms with E-state index in [9.17, 15) is 9.59 Å². The number of ether oxygens (including phenoxy) is 1. The van der Waals surface area contributed by atoms with E-state index in [1.54, 1.807) is 0 Å². The standard InChI is InChI=1S/C26H30N4O3S/c1-3-33-22-12-8-7-11-21(22)28-26(32)25(20-9-5-4-6-10-20)30-15-13-29(14-16-30)24(31)17-23-27-19(2)18-34-23/h4-12,18,25H,3,13-17H2,1-2H3,(H,28,32)/t25-/m0/s1. The molecule has 1 aliphatic heterocycles. The molecule has 7 nitrogen and oxygen atoms in total. The number of nitrogens with one attached hydrogen (secondary N) is 1. The molecular weight excluding hydrogens is 448 g/mol. The van der Waals surface area contributed by atoms with Gasteiger partial charge in [-0.3, -0.25) is 14.5 Å². The first-order valence-corrected chi connectivity index (χ1v) is 12.4. The number of benzene rings is 2. The number of amides is 2. The lowest BCUT2D eigenvalue weighted by Crippen LogP contribution is -2.52. The van der Waals surface area contributed by atoms with Crippen LogP contribution in [0.1, 0.15) is 29.2 Å². The van der Waals surface area contributed by atoms with Crippen LogP contribution in [0.15, 0.2) is 60.0 Å². The molecule has 2 aromatic carbocycles. The average molecular weight is 479 g/mol. The maximum atomic E-state index is 13.5. The van der Waals surface area contributed by atoms with E-state index < -0.39 is 6.04 Å². The Hall–Kier alpha value is -3.23. The van der Waals surface area contributed by atoms with Gasteiger partial charge in [0.1, 0.15) is 16.8 Å². The van der Waals surface area contributed by atoms with Crippen LogP contribution in [0.5, 0.6) is 5.75 Å². The maximum Gasteiger partial charge on any atom is 0.246 e. The predicted molar refractivity (Wildman–Crippen MR) is 134 cm³/mol. The Bertz CT molecular complexity index is 1110. The van der Waals surface area contributed by atoms with Crippen molar-refractivity contribution in [2.75, 3.05) is 38.1 Å². The number of rotatable bonds is 8. The van der Waals surface area contributed by atoms with E-state index >= 15 is 0 Å². The summed E-state index contributed by atoms with van der Waals surface area (Å²) in [7, 11) is 0. The van der Waals surface area contributed by atoms with E-state index in [4.69, 9.17) is 4.74 Å². The monoisotopic (exact) mass is 478 g/mol. The molecule has 0 saturated carbocycles. The summed E-state index contributed by atoms with van der Waals surface area (Å²) in [6, 6.07) is 16.8. The summed E-state index contributed by atoms with van der Waals surface area (Å²) in [5, 5.41) is 5.88. The van der Waals surface area contributed by atoms with Gasteiger partial charge >= 0.3 is 0 Å². The fourth-order valence-electron chi connectivity index (χ4n) is 4.17. The van der Waals surface area contributed by atoms with Gasteiger partial charge in [0.25, 0.3) is 0 Å². The molecule has 1 atom stereocenters. The highest BCUT2D eigenvalue weighted by molar-refractivity contribution is 7.09. The normalized spacial score (nSPS) is 15.1. The third-order valence-corrected chi connectivity index (χ3v) is 6.78. The number of para-hydroxylation sites is 2.